The van der Waals surface area contributed by atoms with E-state index in [1.54, 1.807) is 4.31 Å². The maximum absolute atomic E-state index is 12.8. The number of benzene rings is 1. The second kappa shape index (κ2) is 7.77. The number of hydrogen-bond acceptors (Lipinski definition) is 3. The number of aryl methyl sites for hydroxylation is 1. The molecule has 23 heavy (non-hydrogen) atoms. The Balaban J connectivity index is 1.58. The first-order chi connectivity index (χ1) is 11.1. The number of ether oxygens (including phenoxy) is 1. The summed E-state index contributed by atoms with van der Waals surface area (Å²) in [4.78, 5) is 0. The molecule has 2 saturated heterocycles. The maximum Gasteiger partial charge on any atom is 0.214 e. The molecule has 0 amide bonds. The van der Waals surface area contributed by atoms with Crippen molar-refractivity contribution in [1.29, 1.82) is 0 Å². The van der Waals surface area contributed by atoms with Crippen LogP contribution in [0.3, 0.4) is 0 Å². The summed E-state index contributed by atoms with van der Waals surface area (Å²) < 4.78 is 32.8. The third-order valence-electron chi connectivity index (χ3n) is 5.08. The minimum Gasteiger partial charge on any atom is -0.381 e. The molecule has 1 atom stereocenters. The van der Waals surface area contributed by atoms with E-state index in [-0.39, 0.29) is 12.0 Å². The third-order valence-corrected chi connectivity index (χ3v) is 7.16. The Bertz CT molecular complexity index is 582. The highest BCUT2D eigenvalue weighted by Gasteiger charge is 2.35. The molecule has 4 nitrogen and oxygen atoms in total. The minimum absolute atomic E-state index is 0.181. The van der Waals surface area contributed by atoms with Crippen molar-refractivity contribution in [3.8, 4) is 0 Å². The Morgan fingerprint density at radius 3 is 2.57 bits per heavy atom. The maximum atomic E-state index is 12.8. The highest BCUT2D eigenvalue weighted by Crippen LogP contribution is 2.27. The Morgan fingerprint density at radius 2 is 1.83 bits per heavy atom. The lowest BCUT2D eigenvalue weighted by Gasteiger charge is -2.28. The van der Waals surface area contributed by atoms with Crippen molar-refractivity contribution in [2.24, 2.45) is 5.92 Å². The molecule has 0 radical (unpaired) electrons. The molecule has 0 spiro atoms. The molecule has 1 aromatic rings. The highest BCUT2D eigenvalue weighted by atomic mass is 32.2. The van der Waals surface area contributed by atoms with Crippen molar-refractivity contribution in [2.75, 3.05) is 25.5 Å². The van der Waals surface area contributed by atoms with E-state index in [2.05, 4.69) is 12.1 Å². The van der Waals surface area contributed by atoms with Gasteiger partial charge in [-0.15, -0.1) is 0 Å². The Labute approximate surface area is 139 Å². The quantitative estimate of drug-likeness (QED) is 0.802. The van der Waals surface area contributed by atoms with E-state index in [0.29, 0.717) is 25.5 Å². The molecular formula is C18H27NO3S. The first-order valence-corrected chi connectivity index (χ1v) is 10.4. The van der Waals surface area contributed by atoms with Crippen molar-refractivity contribution >= 4 is 10.0 Å². The van der Waals surface area contributed by atoms with E-state index in [9.17, 15) is 8.42 Å². The molecule has 3 rings (SSSR count). The molecule has 1 aromatic carbocycles. The lowest BCUT2D eigenvalue weighted by atomic mass is 10.0. The summed E-state index contributed by atoms with van der Waals surface area (Å²) in [5, 5.41) is 0. The number of nitrogens with zero attached hydrogens (tertiary/aromatic N) is 1. The second-order valence-electron chi connectivity index (χ2n) is 6.77. The first-order valence-electron chi connectivity index (χ1n) is 8.76. The van der Waals surface area contributed by atoms with Gasteiger partial charge in [0.2, 0.25) is 10.0 Å². The topological polar surface area (TPSA) is 46.6 Å². The Hall–Kier alpha value is -0.910. The fourth-order valence-electron chi connectivity index (χ4n) is 3.75. The van der Waals surface area contributed by atoms with Gasteiger partial charge in [0.05, 0.1) is 5.75 Å². The van der Waals surface area contributed by atoms with Crippen molar-refractivity contribution in [3.05, 3.63) is 35.9 Å². The summed E-state index contributed by atoms with van der Waals surface area (Å²) in [6.45, 7) is 2.11. The first kappa shape index (κ1) is 16.9. The van der Waals surface area contributed by atoms with Crippen molar-refractivity contribution in [2.45, 2.75) is 44.6 Å². The molecule has 5 heteroatoms. The van der Waals surface area contributed by atoms with E-state index < -0.39 is 10.0 Å². The zero-order valence-corrected chi connectivity index (χ0v) is 14.5. The fraction of sp³-hybridized carbons (Fsp3) is 0.667. The number of sulfonamides is 1. The van der Waals surface area contributed by atoms with Gasteiger partial charge in [0.1, 0.15) is 0 Å². The average Bonchev–Trinajstić information content (AvgIpc) is 3.04. The van der Waals surface area contributed by atoms with Crippen molar-refractivity contribution in [3.63, 3.8) is 0 Å². The predicted octanol–water partition coefficient (Wildman–Crippen LogP) is 2.84. The molecule has 0 saturated carbocycles. The van der Waals surface area contributed by atoms with E-state index in [0.717, 1.165) is 38.5 Å². The van der Waals surface area contributed by atoms with Gasteiger partial charge in [0.25, 0.3) is 0 Å². The fourth-order valence-corrected chi connectivity index (χ4v) is 5.94. The highest BCUT2D eigenvalue weighted by molar-refractivity contribution is 7.89. The van der Waals surface area contributed by atoms with Gasteiger partial charge in [0, 0.05) is 25.8 Å². The number of hydrogen-bond donors (Lipinski definition) is 0. The summed E-state index contributed by atoms with van der Waals surface area (Å²) in [5.74, 6) is 0.571. The van der Waals surface area contributed by atoms with Gasteiger partial charge in [-0.3, -0.25) is 0 Å². The average molecular weight is 337 g/mol. The Morgan fingerprint density at radius 1 is 1.09 bits per heavy atom. The van der Waals surface area contributed by atoms with Crippen molar-refractivity contribution < 1.29 is 13.2 Å². The lowest BCUT2D eigenvalue weighted by molar-refractivity contribution is 0.0720. The van der Waals surface area contributed by atoms with Gasteiger partial charge in [0.15, 0.2) is 0 Å². The van der Waals surface area contributed by atoms with Gasteiger partial charge in [-0.25, -0.2) is 8.42 Å². The SMILES string of the molecule is O=S(=O)(CC1CCOCC1)N1CCCC1CCc1ccccc1. The molecule has 2 aliphatic heterocycles. The van der Waals surface area contributed by atoms with E-state index >= 15 is 0 Å². The van der Waals surface area contributed by atoms with Crippen LogP contribution in [0.15, 0.2) is 30.3 Å². The van der Waals surface area contributed by atoms with Crippen LogP contribution in [0.2, 0.25) is 0 Å². The molecule has 0 bridgehead atoms. The van der Waals surface area contributed by atoms with E-state index in [4.69, 9.17) is 4.74 Å². The standard InChI is InChI=1S/C18H27NO3S/c20-23(21,15-17-10-13-22-14-11-17)19-12-4-7-18(19)9-8-16-5-2-1-3-6-16/h1-3,5-6,17-18H,4,7-15H2. The molecule has 128 valence electrons. The monoisotopic (exact) mass is 337 g/mol. The van der Waals surface area contributed by atoms with Crippen LogP contribution >= 0.6 is 0 Å². The van der Waals surface area contributed by atoms with Crippen LogP contribution < -0.4 is 0 Å². The van der Waals surface area contributed by atoms with Crippen LogP contribution in [0.5, 0.6) is 0 Å². The Kier molecular flexibility index (Phi) is 5.72. The molecule has 2 aliphatic rings. The summed E-state index contributed by atoms with van der Waals surface area (Å²) in [5.41, 5.74) is 1.29. The zero-order chi connectivity index (χ0) is 16.1. The van der Waals surface area contributed by atoms with E-state index in [1.807, 2.05) is 18.2 Å². The van der Waals surface area contributed by atoms with E-state index in [1.165, 1.54) is 5.56 Å². The predicted molar refractivity (Wildman–Crippen MR) is 91.8 cm³/mol. The van der Waals surface area contributed by atoms with Crippen LogP contribution in [-0.2, 0) is 21.2 Å². The van der Waals surface area contributed by atoms with Gasteiger partial charge in [-0.1, -0.05) is 30.3 Å². The minimum atomic E-state index is -3.14. The molecule has 2 heterocycles. The molecule has 2 fully saturated rings. The molecule has 1 unspecified atom stereocenters. The summed E-state index contributed by atoms with van der Waals surface area (Å²) in [6, 6.07) is 10.5. The molecule has 0 aliphatic carbocycles. The second-order valence-corrected chi connectivity index (χ2v) is 8.73. The summed E-state index contributed by atoms with van der Waals surface area (Å²) in [6.07, 6.45) is 5.63. The van der Waals surface area contributed by atoms with Crippen LogP contribution in [0.25, 0.3) is 0 Å². The van der Waals surface area contributed by atoms with Gasteiger partial charge in [-0.05, 0) is 50.0 Å². The third kappa shape index (κ3) is 4.55. The van der Waals surface area contributed by atoms with Crippen LogP contribution in [-0.4, -0.2) is 44.3 Å². The van der Waals surface area contributed by atoms with Crippen molar-refractivity contribution in [1.82, 2.24) is 4.31 Å². The van der Waals surface area contributed by atoms with Crippen LogP contribution in [0.1, 0.15) is 37.7 Å². The summed E-state index contributed by atoms with van der Waals surface area (Å²) in [7, 11) is -3.14. The van der Waals surface area contributed by atoms with Gasteiger partial charge >= 0.3 is 0 Å². The smallest absolute Gasteiger partial charge is 0.214 e. The van der Waals surface area contributed by atoms with Gasteiger partial charge in [-0.2, -0.15) is 4.31 Å². The molecular weight excluding hydrogens is 310 g/mol. The summed E-state index contributed by atoms with van der Waals surface area (Å²) >= 11 is 0. The number of rotatable bonds is 6. The largest absolute Gasteiger partial charge is 0.381 e. The molecule has 0 aromatic heterocycles. The zero-order valence-electron chi connectivity index (χ0n) is 13.7. The molecule has 0 N–H and O–H groups in total. The lowest BCUT2D eigenvalue weighted by Crippen LogP contribution is -2.39. The normalized spacial score (nSPS) is 24.1. The van der Waals surface area contributed by atoms with Crippen LogP contribution in [0, 0.1) is 5.92 Å². The van der Waals surface area contributed by atoms with Gasteiger partial charge < -0.3 is 4.74 Å². The van der Waals surface area contributed by atoms with Crippen LogP contribution in [0.4, 0.5) is 0 Å².